The molecule has 130 valence electrons. The second kappa shape index (κ2) is 8.32. The van der Waals surface area contributed by atoms with Crippen molar-refractivity contribution in [2.45, 2.75) is 0 Å². The number of hydrogen-bond donors (Lipinski definition) is 1. The number of carboxylic acids is 1. The molecule has 3 nitrogen and oxygen atoms in total. The number of allylic oxidation sites excluding steroid dienone is 2. The summed E-state index contributed by atoms with van der Waals surface area (Å²) in [5, 5.41) is 10.6. The van der Waals surface area contributed by atoms with Crippen molar-refractivity contribution in [3.8, 4) is 0 Å². The standard InChI is InChI=1S/C22H18O3S/c1-25-15-20(22(23)24)19-12-6-3-9-16(19)8-2-5-11-18-14-17-10-4-7-13-21(17)26-18/h2-15H,1H3,(H,23,24)/b8-2?,11-5+,20-15+. The van der Waals surface area contributed by atoms with Crippen LogP contribution in [0, 0.1) is 0 Å². The summed E-state index contributed by atoms with van der Waals surface area (Å²) in [5.74, 6) is -1.02. The summed E-state index contributed by atoms with van der Waals surface area (Å²) in [6.07, 6.45) is 9.07. The van der Waals surface area contributed by atoms with Gasteiger partial charge < -0.3 is 9.84 Å². The van der Waals surface area contributed by atoms with Gasteiger partial charge in [0.15, 0.2) is 0 Å². The van der Waals surface area contributed by atoms with Crippen LogP contribution in [0.5, 0.6) is 0 Å². The lowest BCUT2D eigenvalue weighted by molar-refractivity contribution is -0.130. The van der Waals surface area contributed by atoms with E-state index < -0.39 is 5.97 Å². The van der Waals surface area contributed by atoms with Gasteiger partial charge in [0.1, 0.15) is 5.57 Å². The van der Waals surface area contributed by atoms with Crippen molar-refractivity contribution in [2.24, 2.45) is 0 Å². The van der Waals surface area contributed by atoms with Crippen LogP contribution in [0.1, 0.15) is 16.0 Å². The first kappa shape index (κ1) is 17.7. The summed E-state index contributed by atoms with van der Waals surface area (Å²) in [6.45, 7) is 0. The molecule has 0 amide bonds. The molecule has 1 N–H and O–H groups in total. The number of hydrogen-bond acceptors (Lipinski definition) is 3. The zero-order valence-electron chi connectivity index (χ0n) is 14.3. The number of ether oxygens (including phenoxy) is 1. The third-order valence-electron chi connectivity index (χ3n) is 3.81. The number of carboxylic acid groups (broad SMARTS) is 1. The number of thiophene rings is 1. The van der Waals surface area contributed by atoms with Gasteiger partial charge >= 0.3 is 5.97 Å². The second-order valence-corrected chi connectivity index (χ2v) is 6.68. The van der Waals surface area contributed by atoms with Gasteiger partial charge in [-0.05, 0) is 34.7 Å². The number of benzene rings is 2. The minimum atomic E-state index is -1.02. The Hall–Kier alpha value is -3.11. The number of fused-ring (bicyclic) bond motifs is 1. The maximum atomic E-state index is 11.5. The second-order valence-electron chi connectivity index (χ2n) is 5.56. The highest BCUT2D eigenvalue weighted by molar-refractivity contribution is 7.19. The molecule has 0 spiro atoms. The molecule has 0 saturated heterocycles. The fourth-order valence-electron chi connectivity index (χ4n) is 2.63. The van der Waals surface area contributed by atoms with E-state index in [2.05, 4.69) is 18.2 Å². The van der Waals surface area contributed by atoms with E-state index in [0.29, 0.717) is 5.56 Å². The maximum Gasteiger partial charge on any atom is 0.339 e. The third-order valence-corrected chi connectivity index (χ3v) is 4.89. The first-order valence-electron chi connectivity index (χ1n) is 8.08. The highest BCUT2D eigenvalue weighted by Crippen LogP contribution is 2.26. The Balaban J connectivity index is 1.82. The molecule has 1 aromatic heterocycles. The molecule has 3 aromatic rings. The molecule has 26 heavy (non-hydrogen) atoms. The smallest absolute Gasteiger partial charge is 0.339 e. The van der Waals surface area contributed by atoms with Crippen LogP contribution in [-0.4, -0.2) is 18.2 Å². The molecule has 0 unspecified atom stereocenters. The monoisotopic (exact) mass is 362 g/mol. The number of methoxy groups -OCH3 is 1. The molecule has 3 rings (SSSR count). The van der Waals surface area contributed by atoms with E-state index in [0.717, 1.165) is 5.56 Å². The Labute approximate surface area is 156 Å². The predicted octanol–water partition coefficient (Wildman–Crippen LogP) is 5.70. The van der Waals surface area contributed by atoms with Crippen molar-refractivity contribution in [2.75, 3.05) is 7.11 Å². The van der Waals surface area contributed by atoms with Crippen LogP contribution in [0.3, 0.4) is 0 Å². The topological polar surface area (TPSA) is 46.5 Å². The maximum absolute atomic E-state index is 11.5. The quantitative estimate of drug-likeness (QED) is 0.347. The van der Waals surface area contributed by atoms with Crippen molar-refractivity contribution in [1.29, 1.82) is 0 Å². The summed E-state index contributed by atoms with van der Waals surface area (Å²) in [7, 11) is 1.44. The lowest BCUT2D eigenvalue weighted by Crippen LogP contribution is -2.02. The van der Waals surface area contributed by atoms with Crippen LogP contribution in [0.15, 0.2) is 73.0 Å². The van der Waals surface area contributed by atoms with Gasteiger partial charge in [-0.1, -0.05) is 60.7 Å². The zero-order valence-corrected chi connectivity index (χ0v) is 15.1. The van der Waals surface area contributed by atoms with Crippen LogP contribution in [-0.2, 0) is 9.53 Å². The van der Waals surface area contributed by atoms with Crippen molar-refractivity contribution < 1.29 is 14.6 Å². The molecular weight excluding hydrogens is 344 g/mol. The van der Waals surface area contributed by atoms with Gasteiger partial charge in [0.2, 0.25) is 0 Å². The van der Waals surface area contributed by atoms with Crippen molar-refractivity contribution in [1.82, 2.24) is 0 Å². The van der Waals surface area contributed by atoms with Crippen LogP contribution in [0.4, 0.5) is 0 Å². The minimum absolute atomic E-state index is 0.126. The lowest BCUT2D eigenvalue weighted by atomic mass is 10.00. The highest BCUT2D eigenvalue weighted by atomic mass is 32.1. The summed E-state index contributed by atoms with van der Waals surface area (Å²) in [6, 6.07) is 17.8. The van der Waals surface area contributed by atoms with Crippen molar-refractivity contribution in [3.05, 3.63) is 89.0 Å². The number of carbonyl (C=O) groups is 1. The third kappa shape index (κ3) is 4.10. The van der Waals surface area contributed by atoms with E-state index in [1.165, 1.54) is 28.3 Å². The molecule has 0 saturated carbocycles. The average Bonchev–Trinajstić information content (AvgIpc) is 3.06. The Kier molecular flexibility index (Phi) is 5.66. The average molecular weight is 362 g/mol. The molecule has 0 fully saturated rings. The molecule has 4 heteroatoms. The fourth-order valence-corrected chi connectivity index (χ4v) is 3.61. The zero-order chi connectivity index (χ0) is 18.4. The lowest BCUT2D eigenvalue weighted by Gasteiger charge is -2.06. The number of rotatable bonds is 6. The molecule has 0 aliphatic rings. The summed E-state index contributed by atoms with van der Waals surface area (Å²) >= 11 is 1.74. The normalized spacial score (nSPS) is 12.3. The van der Waals surface area contributed by atoms with E-state index >= 15 is 0 Å². The van der Waals surface area contributed by atoms with E-state index in [1.807, 2.05) is 54.6 Å². The highest BCUT2D eigenvalue weighted by Gasteiger charge is 2.13. The Bertz CT molecular complexity index is 976. The Morgan fingerprint density at radius 3 is 2.54 bits per heavy atom. The largest absolute Gasteiger partial charge is 0.503 e. The van der Waals surface area contributed by atoms with Crippen LogP contribution in [0.2, 0.25) is 0 Å². The first-order chi connectivity index (χ1) is 12.7. The van der Waals surface area contributed by atoms with E-state index in [1.54, 1.807) is 17.4 Å². The fraction of sp³-hybridized carbons (Fsp3) is 0.0455. The van der Waals surface area contributed by atoms with Crippen LogP contribution < -0.4 is 0 Å². The van der Waals surface area contributed by atoms with E-state index in [4.69, 9.17) is 4.74 Å². The van der Waals surface area contributed by atoms with Gasteiger partial charge in [-0.25, -0.2) is 4.79 Å². The van der Waals surface area contributed by atoms with Gasteiger partial charge in [-0.15, -0.1) is 11.3 Å². The Morgan fingerprint density at radius 1 is 1.04 bits per heavy atom. The van der Waals surface area contributed by atoms with Gasteiger partial charge in [0.05, 0.1) is 13.4 Å². The van der Waals surface area contributed by atoms with Crippen LogP contribution >= 0.6 is 11.3 Å². The Morgan fingerprint density at radius 2 is 1.77 bits per heavy atom. The summed E-state index contributed by atoms with van der Waals surface area (Å²) < 4.78 is 6.17. The van der Waals surface area contributed by atoms with Crippen molar-refractivity contribution >= 4 is 45.1 Å². The minimum Gasteiger partial charge on any atom is -0.503 e. The molecule has 1 heterocycles. The van der Waals surface area contributed by atoms with Gasteiger partial charge in [-0.3, -0.25) is 0 Å². The predicted molar refractivity (Wildman–Crippen MR) is 109 cm³/mol. The molecule has 0 bridgehead atoms. The van der Waals surface area contributed by atoms with E-state index in [9.17, 15) is 9.90 Å². The molecule has 0 atom stereocenters. The SMILES string of the molecule is CO/C=C(/C(=O)O)c1ccccc1C=C/C=C/c1cc2ccccc2s1. The molecule has 2 aromatic carbocycles. The first-order valence-corrected chi connectivity index (χ1v) is 8.89. The van der Waals surface area contributed by atoms with Gasteiger partial charge in [0, 0.05) is 9.58 Å². The van der Waals surface area contributed by atoms with E-state index in [-0.39, 0.29) is 5.57 Å². The summed E-state index contributed by atoms with van der Waals surface area (Å²) in [5.41, 5.74) is 1.56. The molecule has 0 aliphatic heterocycles. The van der Waals surface area contributed by atoms with Gasteiger partial charge in [-0.2, -0.15) is 0 Å². The molecular formula is C22H18O3S. The van der Waals surface area contributed by atoms with Crippen molar-refractivity contribution in [3.63, 3.8) is 0 Å². The number of aliphatic carboxylic acids is 1. The summed E-state index contributed by atoms with van der Waals surface area (Å²) in [4.78, 5) is 12.6. The molecule has 0 radical (unpaired) electrons. The van der Waals surface area contributed by atoms with Gasteiger partial charge in [0.25, 0.3) is 0 Å². The van der Waals surface area contributed by atoms with Crippen LogP contribution in [0.25, 0.3) is 27.8 Å². The molecule has 0 aliphatic carbocycles.